The maximum atomic E-state index is 10.0. The molecule has 2 unspecified atom stereocenters. The van der Waals surface area contributed by atoms with E-state index in [-0.39, 0.29) is 6.04 Å². The first-order valence-electron chi connectivity index (χ1n) is 5.95. The molecule has 2 atom stereocenters. The average Bonchev–Trinajstić information content (AvgIpc) is 2.95. The fraction of sp³-hybridized carbons (Fsp3) is 0.462. The molecule has 0 aliphatic rings. The van der Waals surface area contributed by atoms with E-state index < -0.39 is 6.10 Å². The third kappa shape index (κ3) is 3.17. The van der Waals surface area contributed by atoms with Crippen molar-refractivity contribution in [3.63, 3.8) is 0 Å². The highest BCUT2D eigenvalue weighted by Gasteiger charge is 2.14. The molecule has 18 heavy (non-hydrogen) atoms. The summed E-state index contributed by atoms with van der Waals surface area (Å²) in [5, 5.41) is 18.4. The summed E-state index contributed by atoms with van der Waals surface area (Å²) in [7, 11) is 0. The topological polar surface area (TPSA) is 45.2 Å². The molecular weight excluding hydrogens is 264 g/mol. The third-order valence-corrected chi connectivity index (χ3v) is 4.84. The summed E-state index contributed by atoms with van der Waals surface area (Å²) in [4.78, 5) is 5.68. The van der Waals surface area contributed by atoms with Crippen molar-refractivity contribution in [2.45, 2.75) is 32.9 Å². The Bertz CT molecular complexity index is 493. The van der Waals surface area contributed by atoms with E-state index in [1.165, 1.54) is 4.88 Å². The smallest absolute Gasteiger partial charge is 0.0922 e. The Morgan fingerprint density at radius 3 is 2.78 bits per heavy atom. The minimum atomic E-state index is -0.437. The molecule has 2 heterocycles. The number of aliphatic hydroxyl groups excluding tert-OH is 1. The highest BCUT2D eigenvalue weighted by atomic mass is 32.1. The van der Waals surface area contributed by atoms with Gasteiger partial charge < -0.3 is 10.4 Å². The van der Waals surface area contributed by atoms with E-state index in [2.05, 4.69) is 17.2 Å². The number of aryl methyl sites for hydroxylation is 2. The SMILES string of the molecule is Cc1nc(C)c(C(C)NCC(O)c2ccsc2)s1. The van der Waals surface area contributed by atoms with Crippen LogP contribution in [0.2, 0.25) is 0 Å². The van der Waals surface area contributed by atoms with Gasteiger partial charge in [-0.05, 0) is 43.2 Å². The maximum Gasteiger partial charge on any atom is 0.0922 e. The largest absolute Gasteiger partial charge is 0.387 e. The van der Waals surface area contributed by atoms with Gasteiger partial charge in [0.15, 0.2) is 0 Å². The lowest BCUT2D eigenvalue weighted by Crippen LogP contribution is -2.24. The lowest BCUT2D eigenvalue weighted by molar-refractivity contribution is 0.171. The van der Waals surface area contributed by atoms with E-state index in [9.17, 15) is 5.11 Å². The molecule has 0 saturated heterocycles. The summed E-state index contributed by atoms with van der Waals surface area (Å²) >= 11 is 3.33. The molecule has 0 bridgehead atoms. The molecule has 0 aliphatic carbocycles. The highest BCUT2D eigenvalue weighted by molar-refractivity contribution is 7.11. The molecule has 0 aliphatic heterocycles. The fourth-order valence-electron chi connectivity index (χ4n) is 1.91. The van der Waals surface area contributed by atoms with Crippen molar-refractivity contribution in [2.24, 2.45) is 0 Å². The van der Waals surface area contributed by atoms with Gasteiger partial charge in [0.1, 0.15) is 0 Å². The average molecular weight is 282 g/mol. The van der Waals surface area contributed by atoms with Crippen LogP contribution in [0.1, 0.15) is 40.2 Å². The van der Waals surface area contributed by atoms with Gasteiger partial charge in [-0.25, -0.2) is 4.98 Å². The van der Waals surface area contributed by atoms with Gasteiger partial charge in [-0.15, -0.1) is 11.3 Å². The summed E-state index contributed by atoms with van der Waals surface area (Å²) < 4.78 is 0. The van der Waals surface area contributed by atoms with Crippen LogP contribution in [0.25, 0.3) is 0 Å². The van der Waals surface area contributed by atoms with Crippen LogP contribution in [-0.2, 0) is 0 Å². The van der Waals surface area contributed by atoms with Gasteiger partial charge >= 0.3 is 0 Å². The van der Waals surface area contributed by atoms with Gasteiger partial charge in [-0.1, -0.05) is 0 Å². The third-order valence-electron chi connectivity index (χ3n) is 2.88. The summed E-state index contributed by atoms with van der Waals surface area (Å²) in [6, 6.07) is 2.19. The Kier molecular flexibility index (Phi) is 4.50. The van der Waals surface area contributed by atoms with Gasteiger partial charge in [-0.2, -0.15) is 11.3 Å². The molecule has 5 heteroatoms. The Labute approximate surface area is 116 Å². The first-order chi connectivity index (χ1) is 8.58. The number of nitrogens with one attached hydrogen (secondary N) is 1. The number of aromatic nitrogens is 1. The predicted octanol–water partition coefficient (Wildman–Crippen LogP) is 3.21. The van der Waals surface area contributed by atoms with Gasteiger partial charge in [0.25, 0.3) is 0 Å². The van der Waals surface area contributed by atoms with Gasteiger partial charge in [0, 0.05) is 17.5 Å². The van der Waals surface area contributed by atoms with Crippen molar-refractivity contribution >= 4 is 22.7 Å². The van der Waals surface area contributed by atoms with E-state index in [1.54, 1.807) is 22.7 Å². The molecule has 0 amide bonds. The van der Waals surface area contributed by atoms with Crippen LogP contribution in [0, 0.1) is 13.8 Å². The highest BCUT2D eigenvalue weighted by Crippen LogP contribution is 2.25. The normalized spacial score (nSPS) is 14.7. The van der Waals surface area contributed by atoms with E-state index in [0.29, 0.717) is 6.54 Å². The minimum Gasteiger partial charge on any atom is -0.387 e. The molecule has 0 saturated carbocycles. The Balaban J connectivity index is 1.92. The molecule has 0 aromatic carbocycles. The second-order valence-corrected chi connectivity index (χ2v) is 6.40. The molecule has 2 aromatic rings. The van der Waals surface area contributed by atoms with E-state index in [0.717, 1.165) is 16.3 Å². The number of hydrogen-bond acceptors (Lipinski definition) is 5. The molecule has 2 N–H and O–H groups in total. The Morgan fingerprint density at radius 2 is 2.22 bits per heavy atom. The number of thiophene rings is 1. The van der Waals surface area contributed by atoms with Crippen LogP contribution in [0.15, 0.2) is 16.8 Å². The lowest BCUT2D eigenvalue weighted by atomic mass is 10.2. The zero-order valence-corrected chi connectivity index (χ0v) is 12.4. The van der Waals surface area contributed by atoms with Crippen molar-refractivity contribution in [3.05, 3.63) is 38.0 Å². The first-order valence-corrected chi connectivity index (χ1v) is 7.71. The van der Waals surface area contributed by atoms with Crippen LogP contribution in [-0.4, -0.2) is 16.6 Å². The molecule has 2 rings (SSSR count). The van der Waals surface area contributed by atoms with Crippen molar-refractivity contribution in [2.75, 3.05) is 6.54 Å². The van der Waals surface area contributed by atoms with Crippen LogP contribution in [0.4, 0.5) is 0 Å². The summed E-state index contributed by atoms with van der Waals surface area (Å²) in [5.74, 6) is 0. The zero-order valence-electron chi connectivity index (χ0n) is 10.8. The van der Waals surface area contributed by atoms with Gasteiger partial charge in [0.05, 0.1) is 16.8 Å². The zero-order chi connectivity index (χ0) is 13.1. The van der Waals surface area contributed by atoms with Crippen LogP contribution >= 0.6 is 22.7 Å². The van der Waals surface area contributed by atoms with Crippen LogP contribution < -0.4 is 5.32 Å². The predicted molar refractivity (Wildman–Crippen MR) is 77.3 cm³/mol. The second kappa shape index (κ2) is 5.93. The first kappa shape index (κ1) is 13.7. The Hall–Kier alpha value is -0.750. The van der Waals surface area contributed by atoms with Crippen LogP contribution in [0.5, 0.6) is 0 Å². The quantitative estimate of drug-likeness (QED) is 0.885. The molecule has 0 spiro atoms. The second-order valence-electron chi connectivity index (χ2n) is 4.38. The molecule has 0 fully saturated rings. The number of hydrogen-bond donors (Lipinski definition) is 2. The van der Waals surface area contributed by atoms with Crippen molar-refractivity contribution in [3.8, 4) is 0 Å². The summed E-state index contributed by atoms with van der Waals surface area (Å²) in [6.07, 6.45) is -0.437. The number of nitrogens with zero attached hydrogens (tertiary/aromatic N) is 1. The van der Waals surface area contributed by atoms with E-state index in [4.69, 9.17) is 0 Å². The van der Waals surface area contributed by atoms with E-state index in [1.807, 2.05) is 30.7 Å². The monoisotopic (exact) mass is 282 g/mol. The summed E-state index contributed by atoms with van der Waals surface area (Å²) in [6.45, 7) is 6.73. The number of thiazole rings is 1. The van der Waals surface area contributed by atoms with E-state index >= 15 is 0 Å². The Morgan fingerprint density at radius 1 is 1.44 bits per heavy atom. The molecule has 3 nitrogen and oxygen atoms in total. The molecule has 2 aromatic heterocycles. The maximum absolute atomic E-state index is 10.0. The number of rotatable bonds is 5. The fourth-order valence-corrected chi connectivity index (χ4v) is 3.57. The number of aliphatic hydroxyl groups is 1. The molecule has 0 radical (unpaired) electrons. The van der Waals surface area contributed by atoms with Crippen molar-refractivity contribution in [1.29, 1.82) is 0 Å². The molecular formula is C13H18N2OS2. The van der Waals surface area contributed by atoms with Gasteiger partial charge in [-0.3, -0.25) is 0 Å². The lowest BCUT2D eigenvalue weighted by Gasteiger charge is -2.16. The van der Waals surface area contributed by atoms with Crippen molar-refractivity contribution in [1.82, 2.24) is 10.3 Å². The minimum absolute atomic E-state index is 0.226. The van der Waals surface area contributed by atoms with Crippen LogP contribution in [0.3, 0.4) is 0 Å². The van der Waals surface area contributed by atoms with Crippen molar-refractivity contribution < 1.29 is 5.11 Å². The van der Waals surface area contributed by atoms with Gasteiger partial charge in [0.2, 0.25) is 0 Å². The molecule has 98 valence electrons. The summed E-state index contributed by atoms with van der Waals surface area (Å²) in [5.41, 5.74) is 2.07. The standard InChI is InChI=1S/C13H18N2OS2/c1-8(13-9(2)15-10(3)18-13)14-6-12(16)11-4-5-17-7-11/h4-5,7-8,12,14,16H,6H2,1-3H3.